The number of hydrogen-bond acceptors (Lipinski definition) is 6. The highest BCUT2D eigenvalue weighted by molar-refractivity contribution is 7.90. The molecule has 31 heavy (non-hydrogen) atoms. The smallest absolute Gasteiger partial charge is 0.407 e. The van der Waals surface area contributed by atoms with Gasteiger partial charge in [0.1, 0.15) is 11.4 Å². The molecule has 0 saturated heterocycles. The van der Waals surface area contributed by atoms with Gasteiger partial charge in [-0.25, -0.2) is 17.6 Å². The summed E-state index contributed by atoms with van der Waals surface area (Å²) in [7, 11) is -3.36. The summed E-state index contributed by atoms with van der Waals surface area (Å²) in [5.74, 6) is -0.523. The number of nitrogens with one attached hydrogen (secondary N) is 3. The fourth-order valence-electron chi connectivity index (χ4n) is 2.59. The molecule has 0 atom stereocenters. The molecule has 0 radical (unpaired) electrons. The first-order valence-electron chi connectivity index (χ1n) is 9.41. The van der Waals surface area contributed by atoms with Crippen LogP contribution < -0.4 is 10.6 Å². The van der Waals surface area contributed by atoms with Crippen molar-refractivity contribution in [3.05, 3.63) is 65.6 Å². The summed E-state index contributed by atoms with van der Waals surface area (Å²) in [6.07, 6.45) is 3.03. The molecule has 7 nitrogen and oxygen atoms in total. The third-order valence-corrected chi connectivity index (χ3v) is 5.05. The van der Waals surface area contributed by atoms with Crippen molar-refractivity contribution in [3.63, 3.8) is 0 Å². The van der Waals surface area contributed by atoms with E-state index in [9.17, 15) is 17.6 Å². The number of halogens is 1. The van der Waals surface area contributed by atoms with Gasteiger partial charge in [-0.3, -0.25) is 0 Å². The number of rotatable bonds is 7. The zero-order valence-electron chi connectivity index (χ0n) is 17.8. The van der Waals surface area contributed by atoms with E-state index >= 15 is 0 Å². The van der Waals surface area contributed by atoms with Gasteiger partial charge in [0.05, 0.1) is 4.90 Å². The summed E-state index contributed by atoms with van der Waals surface area (Å²) in [6, 6.07) is 10.4. The van der Waals surface area contributed by atoms with Crippen molar-refractivity contribution in [2.24, 2.45) is 0 Å². The van der Waals surface area contributed by atoms with Gasteiger partial charge in [-0.05, 0) is 68.3 Å². The lowest BCUT2D eigenvalue weighted by atomic mass is 10.0. The minimum Gasteiger partial charge on any atom is -0.444 e. The maximum Gasteiger partial charge on any atom is 0.407 e. The number of alkyl carbamates (subject to hydrolysis) is 1. The van der Waals surface area contributed by atoms with Gasteiger partial charge in [0.15, 0.2) is 9.84 Å². The van der Waals surface area contributed by atoms with Gasteiger partial charge >= 0.3 is 6.09 Å². The van der Waals surface area contributed by atoms with E-state index in [0.717, 1.165) is 12.5 Å². The zero-order valence-corrected chi connectivity index (χ0v) is 18.6. The Balaban J connectivity index is 2.20. The van der Waals surface area contributed by atoms with Crippen LogP contribution in [0.2, 0.25) is 0 Å². The molecule has 0 saturated carbocycles. The van der Waals surface area contributed by atoms with Crippen molar-refractivity contribution in [3.8, 4) is 0 Å². The summed E-state index contributed by atoms with van der Waals surface area (Å²) in [6.45, 7) is 5.28. The number of sulfone groups is 1. The van der Waals surface area contributed by atoms with Gasteiger partial charge in [-0.1, -0.05) is 6.07 Å². The molecule has 1 amide bonds. The predicted octanol–water partition coefficient (Wildman–Crippen LogP) is 4.36. The van der Waals surface area contributed by atoms with Crippen LogP contribution >= 0.6 is 0 Å². The van der Waals surface area contributed by atoms with Crippen LogP contribution in [0.1, 0.15) is 31.9 Å². The first-order chi connectivity index (χ1) is 14.4. The molecular weight excluding hydrogens is 421 g/mol. The maximum absolute atomic E-state index is 14.1. The number of amides is 1. The molecule has 2 rings (SSSR count). The van der Waals surface area contributed by atoms with Crippen molar-refractivity contribution in [2.45, 2.75) is 37.8 Å². The van der Waals surface area contributed by atoms with Gasteiger partial charge in [0.2, 0.25) is 0 Å². The summed E-state index contributed by atoms with van der Waals surface area (Å²) in [4.78, 5) is 12.0. The fraction of sp³-hybridized carbons (Fsp3) is 0.273. The summed E-state index contributed by atoms with van der Waals surface area (Å²) < 4.78 is 42.7. The molecule has 0 unspecified atom stereocenters. The molecule has 3 N–H and O–H groups in total. The fourth-order valence-corrected chi connectivity index (χ4v) is 3.26. The lowest BCUT2D eigenvalue weighted by Gasteiger charge is -2.19. The number of carbonyl (C=O) groups excluding carboxylic acids is 1. The van der Waals surface area contributed by atoms with E-state index in [2.05, 4.69) is 10.6 Å². The average molecular weight is 448 g/mol. The van der Waals surface area contributed by atoms with Gasteiger partial charge in [-0.2, -0.15) is 0 Å². The highest BCUT2D eigenvalue weighted by Gasteiger charge is 2.16. The molecule has 0 bridgehead atoms. The monoisotopic (exact) mass is 447 g/mol. The number of carbonyl (C=O) groups is 1. The average Bonchev–Trinajstić information content (AvgIpc) is 2.65. The van der Waals surface area contributed by atoms with Crippen LogP contribution in [0.25, 0.3) is 5.57 Å². The molecule has 0 fully saturated rings. The minimum atomic E-state index is -3.36. The lowest BCUT2D eigenvalue weighted by Crippen LogP contribution is -2.32. The number of anilines is 1. The number of benzene rings is 2. The van der Waals surface area contributed by atoms with Gasteiger partial charge in [0, 0.05) is 36.5 Å². The highest BCUT2D eigenvalue weighted by atomic mass is 32.2. The molecular formula is C22H26FN3O4S. The van der Waals surface area contributed by atoms with Gasteiger partial charge < -0.3 is 20.8 Å². The van der Waals surface area contributed by atoms with Crippen LogP contribution in [0.3, 0.4) is 0 Å². The van der Waals surface area contributed by atoms with Gasteiger partial charge in [-0.15, -0.1) is 0 Å². The third kappa shape index (κ3) is 7.86. The molecule has 9 heteroatoms. The Morgan fingerprint density at radius 3 is 2.52 bits per heavy atom. The summed E-state index contributed by atoms with van der Waals surface area (Å²) in [5, 5.41) is 13.2. The molecule has 0 heterocycles. The molecule has 2 aromatic carbocycles. The van der Waals surface area contributed by atoms with E-state index in [1.54, 1.807) is 39.0 Å². The first-order valence-corrected chi connectivity index (χ1v) is 11.3. The Bertz CT molecular complexity index is 1110. The second kappa shape index (κ2) is 9.74. The zero-order chi connectivity index (χ0) is 23.2. The first kappa shape index (κ1) is 24.1. The molecule has 0 aliphatic carbocycles. The van der Waals surface area contributed by atoms with Crippen LogP contribution in [0.5, 0.6) is 0 Å². The molecule has 0 aromatic heterocycles. The van der Waals surface area contributed by atoms with E-state index in [1.807, 2.05) is 0 Å². The number of ether oxygens (including phenoxy) is 1. The Kier molecular flexibility index (Phi) is 7.56. The normalized spacial score (nSPS) is 12.2. The Hall–Kier alpha value is -3.20. The van der Waals surface area contributed by atoms with Crippen LogP contribution in [0.4, 0.5) is 14.9 Å². The van der Waals surface area contributed by atoms with E-state index in [-0.39, 0.29) is 11.4 Å². The topological polar surface area (TPSA) is 108 Å². The van der Waals surface area contributed by atoms with E-state index in [0.29, 0.717) is 22.4 Å². The van der Waals surface area contributed by atoms with Crippen molar-refractivity contribution in [2.75, 3.05) is 11.6 Å². The lowest BCUT2D eigenvalue weighted by molar-refractivity contribution is 0.0523. The Morgan fingerprint density at radius 1 is 1.19 bits per heavy atom. The van der Waals surface area contributed by atoms with Crippen LogP contribution in [0, 0.1) is 11.2 Å². The Labute approximate surface area is 181 Å². The van der Waals surface area contributed by atoms with E-state index in [4.69, 9.17) is 10.1 Å². The molecule has 166 valence electrons. The predicted molar refractivity (Wildman–Crippen MR) is 119 cm³/mol. The molecule has 0 aliphatic heterocycles. The molecule has 0 spiro atoms. The van der Waals surface area contributed by atoms with Crippen LogP contribution in [-0.2, 0) is 21.1 Å². The maximum atomic E-state index is 14.1. The SMILES string of the molecule is CC(C)(C)OC(=O)NCc1cc(F)cc(/C(C=N)=C/Nc2cccc(S(C)(=O)=O)c2)c1. The van der Waals surface area contributed by atoms with E-state index < -0.39 is 27.3 Å². The number of allylic oxidation sites excluding steroid dienone is 1. The van der Waals surface area contributed by atoms with Crippen molar-refractivity contribution >= 4 is 33.4 Å². The summed E-state index contributed by atoms with van der Waals surface area (Å²) in [5.41, 5.74) is 1.14. The molecule has 2 aromatic rings. The number of hydrogen-bond donors (Lipinski definition) is 3. The van der Waals surface area contributed by atoms with E-state index in [1.165, 1.54) is 30.5 Å². The standard InChI is InChI=1S/C22H26FN3O4S/c1-22(2,3)30-21(27)26-13-15-8-16(10-18(23)9-15)17(12-24)14-25-19-6-5-7-20(11-19)31(4,28)29/h5-12,14,24-25H,13H2,1-4H3,(H,26,27)/b17-14+,24-12?. The van der Waals surface area contributed by atoms with Crippen molar-refractivity contribution < 1.29 is 22.3 Å². The van der Waals surface area contributed by atoms with Crippen LogP contribution in [0.15, 0.2) is 53.6 Å². The highest BCUT2D eigenvalue weighted by Crippen LogP contribution is 2.20. The minimum absolute atomic E-state index is 0.0504. The Morgan fingerprint density at radius 2 is 1.90 bits per heavy atom. The van der Waals surface area contributed by atoms with Crippen molar-refractivity contribution in [1.29, 1.82) is 5.41 Å². The van der Waals surface area contributed by atoms with Crippen molar-refractivity contribution in [1.82, 2.24) is 5.32 Å². The molecule has 0 aliphatic rings. The van der Waals surface area contributed by atoms with Gasteiger partial charge in [0.25, 0.3) is 0 Å². The second-order valence-electron chi connectivity index (χ2n) is 7.89. The third-order valence-electron chi connectivity index (χ3n) is 3.94. The summed E-state index contributed by atoms with van der Waals surface area (Å²) >= 11 is 0. The second-order valence-corrected chi connectivity index (χ2v) is 9.91. The quantitative estimate of drug-likeness (QED) is 0.547. The largest absolute Gasteiger partial charge is 0.444 e. The van der Waals surface area contributed by atoms with Crippen LogP contribution in [-0.4, -0.2) is 32.6 Å².